The molecular weight excluding hydrogens is 290 g/mol. The fraction of sp³-hybridized carbons (Fsp3) is 0.421. The van der Waals surface area contributed by atoms with Crippen molar-refractivity contribution in [2.75, 3.05) is 6.54 Å². The van der Waals surface area contributed by atoms with Gasteiger partial charge in [-0.3, -0.25) is 0 Å². The Kier molecular flexibility index (Phi) is 4.82. The summed E-state index contributed by atoms with van der Waals surface area (Å²) >= 11 is 0. The Bertz CT molecular complexity index is 584. The molecule has 1 amide bonds. The topological polar surface area (TPSA) is 49.8 Å². The minimum absolute atomic E-state index is 0.0565. The zero-order chi connectivity index (χ0) is 16.2. The van der Waals surface area contributed by atoms with Crippen LogP contribution in [-0.4, -0.2) is 34.8 Å². The van der Waals surface area contributed by atoms with Gasteiger partial charge in [0.15, 0.2) is 0 Å². The minimum atomic E-state index is -0.463. The van der Waals surface area contributed by atoms with Gasteiger partial charge in [-0.15, -0.1) is 6.58 Å². The predicted octanol–water partition coefficient (Wildman–Crippen LogP) is 3.14. The molecule has 1 aromatic rings. The number of hydrogen-bond acceptors (Lipinski definition) is 3. The van der Waals surface area contributed by atoms with E-state index in [4.69, 9.17) is 4.74 Å². The average molecular weight is 313 g/mol. The second kappa shape index (κ2) is 7.01. The van der Waals surface area contributed by atoms with E-state index in [1.807, 2.05) is 36.4 Å². The van der Waals surface area contributed by atoms with Crippen molar-refractivity contribution in [2.45, 2.75) is 31.6 Å². The summed E-state index contributed by atoms with van der Waals surface area (Å²) in [4.78, 5) is 14.2. The SMILES string of the molecule is C=CC[C@H](O)[C@H]1C[C@H]2C=C[C@@H]1N(C(=O)OCc1ccccc1)C2. The molecule has 4 nitrogen and oxygen atoms in total. The quantitative estimate of drug-likeness (QED) is 0.850. The Morgan fingerprint density at radius 2 is 2.17 bits per heavy atom. The first-order valence-electron chi connectivity index (χ1n) is 8.13. The maximum atomic E-state index is 12.5. The molecule has 4 atom stereocenters. The lowest BCUT2D eigenvalue weighted by atomic mass is 9.74. The van der Waals surface area contributed by atoms with Crippen molar-refractivity contribution in [3.63, 3.8) is 0 Å². The van der Waals surface area contributed by atoms with Gasteiger partial charge in [-0.1, -0.05) is 48.6 Å². The number of amides is 1. The summed E-state index contributed by atoms with van der Waals surface area (Å²) in [5, 5.41) is 10.3. The molecule has 122 valence electrons. The molecule has 1 aliphatic carbocycles. The third-order valence-corrected chi connectivity index (χ3v) is 4.73. The first-order valence-corrected chi connectivity index (χ1v) is 8.13. The number of rotatable bonds is 5. The standard InChI is InChI=1S/C19H23NO3/c1-2-6-18(21)16-11-15-9-10-17(16)20(12-15)19(22)23-13-14-7-4-3-5-8-14/h2-5,7-10,15-18,21H,1,6,11-13H2/t15-,16+,17+,18+/m1/s1. The van der Waals surface area contributed by atoms with Gasteiger partial charge in [0, 0.05) is 12.5 Å². The van der Waals surface area contributed by atoms with Gasteiger partial charge in [-0.05, 0) is 24.3 Å². The molecular formula is C19H23NO3. The van der Waals surface area contributed by atoms with Crippen molar-refractivity contribution in [1.29, 1.82) is 0 Å². The number of carbonyl (C=O) groups excluding carboxylic acids is 1. The summed E-state index contributed by atoms with van der Waals surface area (Å²) in [5.41, 5.74) is 0.974. The molecule has 1 saturated heterocycles. The van der Waals surface area contributed by atoms with Gasteiger partial charge < -0.3 is 14.7 Å². The Hall–Kier alpha value is -2.07. The van der Waals surface area contributed by atoms with E-state index in [1.165, 1.54) is 0 Å². The van der Waals surface area contributed by atoms with Crippen LogP contribution in [0.25, 0.3) is 0 Å². The van der Waals surface area contributed by atoms with Gasteiger partial charge in [-0.25, -0.2) is 4.79 Å². The Morgan fingerprint density at radius 3 is 2.87 bits per heavy atom. The van der Waals surface area contributed by atoms with E-state index in [0.29, 0.717) is 18.9 Å². The second-order valence-corrected chi connectivity index (χ2v) is 6.32. The molecule has 3 aliphatic rings. The lowest BCUT2D eigenvalue weighted by molar-refractivity contribution is -0.00218. The van der Waals surface area contributed by atoms with Gasteiger partial charge in [0.2, 0.25) is 0 Å². The highest BCUT2D eigenvalue weighted by Gasteiger charge is 2.43. The summed E-state index contributed by atoms with van der Waals surface area (Å²) in [7, 11) is 0. The van der Waals surface area contributed by atoms with E-state index >= 15 is 0 Å². The Balaban J connectivity index is 1.64. The molecule has 23 heavy (non-hydrogen) atoms. The van der Waals surface area contributed by atoms with E-state index in [9.17, 15) is 9.90 Å². The highest BCUT2D eigenvalue weighted by atomic mass is 16.6. The molecule has 4 rings (SSSR count). The second-order valence-electron chi connectivity index (χ2n) is 6.32. The lowest BCUT2D eigenvalue weighted by Gasteiger charge is -2.47. The molecule has 4 heteroatoms. The molecule has 1 aromatic carbocycles. The van der Waals surface area contributed by atoms with Crippen LogP contribution in [0.15, 0.2) is 55.1 Å². The highest BCUT2D eigenvalue weighted by Crippen LogP contribution is 2.37. The molecule has 1 N–H and O–H groups in total. The smallest absolute Gasteiger partial charge is 0.410 e. The number of carbonyl (C=O) groups is 1. The van der Waals surface area contributed by atoms with Gasteiger partial charge in [-0.2, -0.15) is 0 Å². The van der Waals surface area contributed by atoms with Gasteiger partial charge in [0.1, 0.15) is 6.61 Å². The maximum Gasteiger partial charge on any atom is 0.410 e. The normalized spacial score (nSPS) is 26.8. The molecule has 0 spiro atoms. The van der Waals surface area contributed by atoms with E-state index in [-0.39, 0.29) is 24.7 Å². The number of nitrogens with zero attached hydrogens (tertiary/aromatic N) is 1. The van der Waals surface area contributed by atoms with Crippen LogP contribution in [0.5, 0.6) is 0 Å². The fourth-order valence-corrected chi connectivity index (χ4v) is 3.55. The van der Waals surface area contributed by atoms with Crippen molar-refractivity contribution in [3.05, 3.63) is 60.7 Å². The molecule has 2 bridgehead atoms. The monoisotopic (exact) mass is 313 g/mol. The first-order chi connectivity index (χ1) is 11.2. The van der Waals surface area contributed by atoms with Crippen LogP contribution in [0.1, 0.15) is 18.4 Å². The molecule has 0 saturated carbocycles. The van der Waals surface area contributed by atoms with Gasteiger partial charge in [0.05, 0.1) is 12.1 Å². The number of benzene rings is 1. The minimum Gasteiger partial charge on any atom is -0.445 e. The van der Waals surface area contributed by atoms with Gasteiger partial charge >= 0.3 is 6.09 Å². The van der Waals surface area contributed by atoms with E-state index in [2.05, 4.69) is 12.7 Å². The van der Waals surface area contributed by atoms with Crippen LogP contribution in [0.4, 0.5) is 4.79 Å². The van der Waals surface area contributed by atoms with E-state index in [0.717, 1.165) is 12.0 Å². The van der Waals surface area contributed by atoms with Crippen LogP contribution in [0.2, 0.25) is 0 Å². The first kappa shape index (κ1) is 15.8. The molecule has 0 radical (unpaired) electrons. The van der Waals surface area contributed by atoms with Crippen LogP contribution in [0, 0.1) is 11.8 Å². The van der Waals surface area contributed by atoms with Crippen LogP contribution < -0.4 is 0 Å². The molecule has 2 aliphatic heterocycles. The summed E-state index contributed by atoms with van der Waals surface area (Å²) in [5.74, 6) is 0.356. The number of piperidine rings is 1. The summed E-state index contributed by atoms with van der Waals surface area (Å²) in [6, 6.07) is 9.58. The van der Waals surface area contributed by atoms with E-state index in [1.54, 1.807) is 11.0 Å². The zero-order valence-corrected chi connectivity index (χ0v) is 13.2. The summed E-state index contributed by atoms with van der Waals surface area (Å²) < 4.78 is 5.46. The number of aliphatic hydroxyl groups excluding tert-OH is 1. The molecule has 0 unspecified atom stereocenters. The number of aliphatic hydroxyl groups is 1. The molecule has 1 fully saturated rings. The maximum absolute atomic E-state index is 12.5. The van der Waals surface area contributed by atoms with Crippen LogP contribution in [-0.2, 0) is 11.3 Å². The van der Waals surface area contributed by atoms with Crippen molar-refractivity contribution in [2.24, 2.45) is 11.8 Å². The molecule has 2 heterocycles. The highest BCUT2D eigenvalue weighted by molar-refractivity contribution is 5.69. The van der Waals surface area contributed by atoms with Crippen LogP contribution >= 0.6 is 0 Å². The number of fused-ring (bicyclic) bond motifs is 2. The van der Waals surface area contributed by atoms with Crippen LogP contribution in [0.3, 0.4) is 0 Å². The Labute approximate surface area is 137 Å². The number of ether oxygens (including phenoxy) is 1. The zero-order valence-electron chi connectivity index (χ0n) is 13.2. The third-order valence-electron chi connectivity index (χ3n) is 4.73. The van der Waals surface area contributed by atoms with E-state index < -0.39 is 6.10 Å². The summed E-state index contributed by atoms with van der Waals surface area (Å²) in [6.45, 7) is 4.64. The van der Waals surface area contributed by atoms with Crippen molar-refractivity contribution in [3.8, 4) is 0 Å². The molecule has 0 aromatic heterocycles. The van der Waals surface area contributed by atoms with Crippen molar-refractivity contribution < 1.29 is 14.6 Å². The van der Waals surface area contributed by atoms with Gasteiger partial charge in [0.25, 0.3) is 0 Å². The lowest BCUT2D eigenvalue weighted by Crippen LogP contribution is -2.55. The number of hydrogen-bond donors (Lipinski definition) is 1. The van der Waals surface area contributed by atoms with Crippen molar-refractivity contribution in [1.82, 2.24) is 4.90 Å². The third kappa shape index (κ3) is 3.48. The summed E-state index contributed by atoms with van der Waals surface area (Å²) in [6.07, 6.45) is 6.63. The van der Waals surface area contributed by atoms with Crippen molar-refractivity contribution >= 4 is 6.09 Å². The largest absolute Gasteiger partial charge is 0.445 e. The average Bonchev–Trinajstić information content (AvgIpc) is 2.61. The Morgan fingerprint density at radius 1 is 1.39 bits per heavy atom. The predicted molar refractivity (Wildman–Crippen MR) is 88.7 cm³/mol. The fourth-order valence-electron chi connectivity index (χ4n) is 3.55.